The van der Waals surface area contributed by atoms with Crippen molar-refractivity contribution in [2.75, 3.05) is 0 Å². The lowest BCUT2D eigenvalue weighted by atomic mass is 10.1. The molecule has 0 atom stereocenters. The molecule has 0 aliphatic heterocycles. The van der Waals surface area contributed by atoms with Crippen LogP contribution in [0, 0.1) is 6.92 Å². The minimum absolute atomic E-state index is 0.698. The van der Waals surface area contributed by atoms with Crippen LogP contribution in [0.4, 0.5) is 0 Å². The smallest absolute Gasteiger partial charge is 0.168 e. The van der Waals surface area contributed by atoms with Crippen LogP contribution in [0.2, 0.25) is 5.02 Å². The minimum Gasteiger partial charge on any atom is -0.275 e. The number of benzene rings is 1. The molecule has 0 radical (unpaired) electrons. The standard InChI is InChI=1S/C16H11ClN4/c1-10-8-15-19-20-16(11-4-6-18-7-5-11)21(15)14-9-12(17)2-3-13(10)14/h2-9H,1H3. The molecule has 0 amide bonds. The second-order valence-corrected chi connectivity index (χ2v) is 5.38. The number of nitrogens with zero attached hydrogens (tertiary/aromatic N) is 4. The average molecular weight is 295 g/mol. The molecular weight excluding hydrogens is 284 g/mol. The van der Waals surface area contributed by atoms with Crippen molar-refractivity contribution in [3.05, 3.63) is 59.4 Å². The first-order valence-corrected chi connectivity index (χ1v) is 6.96. The molecule has 0 spiro atoms. The molecule has 0 fully saturated rings. The van der Waals surface area contributed by atoms with Gasteiger partial charge >= 0.3 is 0 Å². The molecule has 0 aliphatic rings. The number of hydrogen-bond donors (Lipinski definition) is 0. The molecule has 4 nitrogen and oxygen atoms in total. The monoisotopic (exact) mass is 294 g/mol. The van der Waals surface area contributed by atoms with E-state index in [0.29, 0.717) is 5.02 Å². The Morgan fingerprint density at radius 2 is 1.81 bits per heavy atom. The van der Waals surface area contributed by atoms with E-state index in [0.717, 1.165) is 33.5 Å². The number of aromatic nitrogens is 4. The third-order valence-electron chi connectivity index (χ3n) is 3.60. The van der Waals surface area contributed by atoms with Crippen molar-refractivity contribution < 1.29 is 0 Å². The molecule has 3 aromatic heterocycles. The van der Waals surface area contributed by atoms with Gasteiger partial charge in [0.15, 0.2) is 11.5 Å². The lowest BCUT2D eigenvalue weighted by Crippen LogP contribution is -1.94. The summed E-state index contributed by atoms with van der Waals surface area (Å²) in [6, 6.07) is 11.8. The lowest BCUT2D eigenvalue weighted by Gasteiger charge is -2.08. The molecule has 5 heteroatoms. The van der Waals surface area contributed by atoms with Crippen molar-refractivity contribution >= 4 is 28.2 Å². The Kier molecular flexibility index (Phi) is 2.65. The van der Waals surface area contributed by atoms with Crippen LogP contribution in [0.5, 0.6) is 0 Å². The summed E-state index contributed by atoms with van der Waals surface area (Å²) in [6.45, 7) is 2.07. The first-order chi connectivity index (χ1) is 10.2. The zero-order valence-electron chi connectivity index (χ0n) is 11.3. The highest BCUT2D eigenvalue weighted by atomic mass is 35.5. The Bertz CT molecular complexity index is 960. The second kappa shape index (κ2) is 4.53. The van der Waals surface area contributed by atoms with Crippen LogP contribution in [0.3, 0.4) is 0 Å². The van der Waals surface area contributed by atoms with Crippen molar-refractivity contribution in [1.29, 1.82) is 0 Å². The molecule has 0 saturated heterocycles. The minimum atomic E-state index is 0.698. The number of pyridine rings is 2. The van der Waals surface area contributed by atoms with Crippen LogP contribution in [0.15, 0.2) is 48.8 Å². The summed E-state index contributed by atoms with van der Waals surface area (Å²) in [5, 5.41) is 10.5. The second-order valence-electron chi connectivity index (χ2n) is 4.94. The van der Waals surface area contributed by atoms with Crippen molar-refractivity contribution in [1.82, 2.24) is 19.6 Å². The van der Waals surface area contributed by atoms with Gasteiger partial charge < -0.3 is 0 Å². The number of fused-ring (bicyclic) bond motifs is 3. The van der Waals surface area contributed by atoms with Crippen molar-refractivity contribution in [2.45, 2.75) is 6.92 Å². The van der Waals surface area contributed by atoms with Gasteiger partial charge in [-0.05, 0) is 42.8 Å². The van der Waals surface area contributed by atoms with Crippen LogP contribution in [-0.4, -0.2) is 19.6 Å². The fourth-order valence-corrected chi connectivity index (χ4v) is 2.78. The summed E-state index contributed by atoms with van der Waals surface area (Å²) < 4.78 is 2.03. The molecule has 0 unspecified atom stereocenters. The van der Waals surface area contributed by atoms with E-state index in [9.17, 15) is 0 Å². The fraction of sp³-hybridized carbons (Fsp3) is 0.0625. The predicted octanol–water partition coefficient (Wildman–Crippen LogP) is 3.91. The third kappa shape index (κ3) is 1.87. The summed E-state index contributed by atoms with van der Waals surface area (Å²) in [5.41, 5.74) is 3.95. The van der Waals surface area contributed by atoms with Crippen LogP contribution in [0.25, 0.3) is 27.9 Å². The lowest BCUT2D eigenvalue weighted by molar-refractivity contribution is 1.11. The Morgan fingerprint density at radius 3 is 2.62 bits per heavy atom. The predicted molar refractivity (Wildman–Crippen MR) is 83.5 cm³/mol. The van der Waals surface area contributed by atoms with E-state index in [-0.39, 0.29) is 0 Å². The van der Waals surface area contributed by atoms with Gasteiger partial charge in [-0.1, -0.05) is 17.7 Å². The molecule has 0 aliphatic carbocycles. The Balaban J connectivity index is 2.18. The van der Waals surface area contributed by atoms with E-state index in [4.69, 9.17) is 11.6 Å². The molecule has 1 aromatic carbocycles. The molecule has 4 aromatic rings. The number of hydrogen-bond acceptors (Lipinski definition) is 3. The molecule has 0 saturated carbocycles. The average Bonchev–Trinajstić information content (AvgIpc) is 2.92. The number of rotatable bonds is 1. The van der Waals surface area contributed by atoms with Gasteiger partial charge in [0.25, 0.3) is 0 Å². The zero-order chi connectivity index (χ0) is 14.4. The maximum absolute atomic E-state index is 6.17. The normalized spacial score (nSPS) is 11.3. The van der Waals surface area contributed by atoms with Gasteiger partial charge in [-0.3, -0.25) is 9.38 Å². The van der Waals surface area contributed by atoms with Crippen LogP contribution in [-0.2, 0) is 0 Å². The molecule has 0 N–H and O–H groups in total. The topological polar surface area (TPSA) is 43.1 Å². The summed E-state index contributed by atoms with van der Waals surface area (Å²) in [4.78, 5) is 4.05. The largest absolute Gasteiger partial charge is 0.275 e. The van der Waals surface area contributed by atoms with Gasteiger partial charge in [0, 0.05) is 28.4 Å². The fourth-order valence-electron chi connectivity index (χ4n) is 2.61. The van der Waals surface area contributed by atoms with Crippen molar-refractivity contribution in [3.63, 3.8) is 0 Å². The molecule has 4 rings (SSSR count). The molecule has 0 bridgehead atoms. The molecular formula is C16H11ClN4. The number of aryl methyl sites for hydroxylation is 1. The zero-order valence-corrected chi connectivity index (χ0v) is 12.0. The van der Waals surface area contributed by atoms with Crippen molar-refractivity contribution in [3.8, 4) is 11.4 Å². The van der Waals surface area contributed by atoms with Gasteiger partial charge in [0.05, 0.1) is 5.52 Å². The summed E-state index contributed by atoms with van der Waals surface area (Å²) >= 11 is 6.17. The van der Waals surface area contributed by atoms with E-state index in [1.807, 2.05) is 40.8 Å². The Morgan fingerprint density at radius 1 is 1.00 bits per heavy atom. The first-order valence-electron chi connectivity index (χ1n) is 6.58. The quantitative estimate of drug-likeness (QED) is 0.534. The van der Waals surface area contributed by atoms with E-state index in [2.05, 4.69) is 22.1 Å². The highest BCUT2D eigenvalue weighted by molar-refractivity contribution is 6.31. The Labute approximate surface area is 126 Å². The summed E-state index contributed by atoms with van der Waals surface area (Å²) in [6.07, 6.45) is 3.50. The maximum atomic E-state index is 6.17. The third-order valence-corrected chi connectivity index (χ3v) is 3.83. The van der Waals surface area contributed by atoms with Gasteiger partial charge in [0.1, 0.15) is 0 Å². The van der Waals surface area contributed by atoms with Gasteiger partial charge in [-0.25, -0.2) is 0 Å². The van der Waals surface area contributed by atoms with E-state index in [1.165, 1.54) is 0 Å². The van der Waals surface area contributed by atoms with Crippen LogP contribution < -0.4 is 0 Å². The van der Waals surface area contributed by atoms with E-state index >= 15 is 0 Å². The van der Waals surface area contributed by atoms with Crippen molar-refractivity contribution in [2.24, 2.45) is 0 Å². The molecule has 3 heterocycles. The SMILES string of the molecule is Cc1cc2nnc(-c3ccncc3)n2c2cc(Cl)ccc12. The van der Waals surface area contributed by atoms with Gasteiger partial charge in [0.2, 0.25) is 0 Å². The highest BCUT2D eigenvalue weighted by Gasteiger charge is 2.12. The molecule has 21 heavy (non-hydrogen) atoms. The van der Waals surface area contributed by atoms with E-state index < -0.39 is 0 Å². The summed E-state index contributed by atoms with van der Waals surface area (Å²) in [7, 11) is 0. The van der Waals surface area contributed by atoms with Gasteiger partial charge in [-0.15, -0.1) is 10.2 Å². The summed E-state index contributed by atoms with van der Waals surface area (Å²) in [5.74, 6) is 0.791. The van der Waals surface area contributed by atoms with E-state index in [1.54, 1.807) is 12.4 Å². The van der Waals surface area contributed by atoms with Crippen LogP contribution >= 0.6 is 11.6 Å². The first kappa shape index (κ1) is 12.3. The van der Waals surface area contributed by atoms with Gasteiger partial charge in [-0.2, -0.15) is 0 Å². The Hall–Kier alpha value is -2.46. The number of halogens is 1. The highest BCUT2D eigenvalue weighted by Crippen LogP contribution is 2.27. The maximum Gasteiger partial charge on any atom is 0.168 e. The van der Waals surface area contributed by atoms with Crippen LogP contribution in [0.1, 0.15) is 5.56 Å². The molecule has 102 valence electrons.